The Morgan fingerprint density at radius 3 is 2.37 bits per heavy atom. The van der Waals surface area contributed by atoms with Crippen molar-refractivity contribution in [1.82, 2.24) is 10.2 Å². The van der Waals surface area contributed by atoms with Gasteiger partial charge in [-0.2, -0.15) is 0 Å². The van der Waals surface area contributed by atoms with Crippen LogP contribution in [0.5, 0.6) is 0 Å². The second kappa shape index (κ2) is 7.42. The first-order chi connectivity index (χ1) is 8.99. The third-order valence-corrected chi connectivity index (χ3v) is 4.52. The van der Waals surface area contributed by atoms with E-state index in [9.17, 15) is 0 Å². The molecule has 0 aliphatic heterocycles. The summed E-state index contributed by atoms with van der Waals surface area (Å²) in [4.78, 5) is 2.39. The average Bonchev–Trinajstić information content (AvgIpc) is 2.45. The predicted octanol–water partition coefficient (Wildman–Crippen LogP) is 3.94. The molecular formula is C17H30N2. The van der Waals surface area contributed by atoms with Gasteiger partial charge in [-0.25, -0.2) is 0 Å². The molecule has 19 heavy (non-hydrogen) atoms. The highest BCUT2D eigenvalue weighted by molar-refractivity contribution is 5.03. The van der Waals surface area contributed by atoms with Crippen molar-refractivity contribution in [2.75, 3.05) is 14.1 Å². The van der Waals surface area contributed by atoms with Crippen LogP contribution in [0.25, 0.3) is 0 Å². The fourth-order valence-corrected chi connectivity index (χ4v) is 2.87. The Kier molecular flexibility index (Phi) is 6.20. The summed E-state index contributed by atoms with van der Waals surface area (Å²) < 4.78 is 0. The Morgan fingerprint density at radius 2 is 1.89 bits per heavy atom. The molecule has 0 heterocycles. The van der Waals surface area contributed by atoms with Crippen LogP contribution >= 0.6 is 0 Å². The van der Waals surface area contributed by atoms with Crippen LogP contribution in [0.1, 0.15) is 39.0 Å². The number of nitrogens with one attached hydrogen (secondary N) is 1. The van der Waals surface area contributed by atoms with Crippen LogP contribution in [0.15, 0.2) is 37.2 Å². The number of rotatable bonds is 7. The zero-order valence-electron chi connectivity index (χ0n) is 12.9. The van der Waals surface area contributed by atoms with Gasteiger partial charge < -0.3 is 10.2 Å². The van der Waals surface area contributed by atoms with Crippen molar-refractivity contribution < 1.29 is 0 Å². The molecule has 1 rings (SSSR count). The first kappa shape index (κ1) is 15.9. The van der Waals surface area contributed by atoms with Crippen molar-refractivity contribution in [3.8, 4) is 0 Å². The van der Waals surface area contributed by atoms with E-state index in [-0.39, 0.29) is 0 Å². The van der Waals surface area contributed by atoms with E-state index < -0.39 is 0 Å². The Balaban J connectivity index is 2.44. The molecular weight excluding hydrogens is 232 g/mol. The van der Waals surface area contributed by atoms with E-state index in [0.717, 1.165) is 6.42 Å². The predicted molar refractivity (Wildman–Crippen MR) is 84.8 cm³/mol. The van der Waals surface area contributed by atoms with E-state index >= 15 is 0 Å². The maximum Gasteiger partial charge on any atom is 0.0283 e. The van der Waals surface area contributed by atoms with Crippen molar-refractivity contribution in [3.05, 3.63) is 37.2 Å². The van der Waals surface area contributed by atoms with Gasteiger partial charge in [-0.3, -0.25) is 0 Å². The smallest absolute Gasteiger partial charge is 0.0283 e. The Labute approximate surface area is 119 Å². The SMILES string of the molecule is C=CC(C)CC(=C)N(C)C1CCC(C(=C)NC)CC1. The van der Waals surface area contributed by atoms with Gasteiger partial charge in [0.25, 0.3) is 0 Å². The van der Waals surface area contributed by atoms with Gasteiger partial charge in [0, 0.05) is 31.5 Å². The van der Waals surface area contributed by atoms with Crippen LogP contribution in [0.3, 0.4) is 0 Å². The summed E-state index contributed by atoms with van der Waals surface area (Å²) in [5.74, 6) is 1.16. The Hall–Kier alpha value is -1.18. The maximum atomic E-state index is 4.24. The topological polar surface area (TPSA) is 15.3 Å². The monoisotopic (exact) mass is 262 g/mol. The maximum absolute atomic E-state index is 4.24. The van der Waals surface area contributed by atoms with Crippen LogP contribution in [0.2, 0.25) is 0 Å². The standard InChI is InChI=1S/C17H30N2/c1-7-13(2)12-14(3)19(6)17-10-8-16(9-11-17)15(4)18-5/h7,13,16-18H,1,3-4,8-12H2,2,5-6H3. The third kappa shape index (κ3) is 4.45. The van der Waals surface area contributed by atoms with Gasteiger partial charge in [0.1, 0.15) is 0 Å². The lowest BCUT2D eigenvalue weighted by atomic mass is 9.83. The second-order valence-electron chi connectivity index (χ2n) is 5.87. The summed E-state index contributed by atoms with van der Waals surface area (Å²) in [6, 6.07) is 0.644. The lowest BCUT2D eigenvalue weighted by Crippen LogP contribution is -2.35. The largest absolute Gasteiger partial charge is 0.392 e. The molecule has 0 amide bonds. The molecule has 1 aliphatic carbocycles. The number of allylic oxidation sites excluding steroid dienone is 3. The van der Waals surface area contributed by atoms with Gasteiger partial charge in [-0.15, -0.1) is 6.58 Å². The molecule has 2 nitrogen and oxygen atoms in total. The first-order valence-electron chi connectivity index (χ1n) is 7.39. The fraction of sp³-hybridized carbons (Fsp3) is 0.647. The van der Waals surface area contributed by atoms with Gasteiger partial charge >= 0.3 is 0 Å². The first-order valence-corrected chi connectivity index (χ1v) is 7.39. The zero-order chi connectivity index (χ0) is 14.4. The molecule has 0 spiro atoms. The molecule has 2 heteroatoms. The van der Waals surface area contributed by atoms with Gasteiger partial charge in [-0.1, -0.05) is 26.2 Å². The molecule has 1 aliphatic rings. The highest BCUT2D eigenvalue weighted by Gasteiger charge is 2.25. The number of hydrogen-bond donors (Lipinski definition) is 1. The summed E-state index contributed by atoms with van der Waals surface area (Å²) in [5.41, 5.74) is 2.43. The van der Waals surface area contributed by atoms with Crippen molar-refractivity contribution in [2.24, 2.45) is 11.8 Å². The van der Waals surface area contributed by atoms with Crippen LogP contribution in [-0.4, -0.2) is 25.0 Å². The number of hydrogen-bond acceptors (Lipinski definition) is 2. The molecule has 0 aromatic rings. The van der Waals surface area contributed by atoms with Crippen molar-refractivity contribution >= 4 is 0 Å². The van der Waals surface area contributed by atoms with E-state index in [1.165, 1.54) is 37.1 Å². The molecule has 0 aromatic carbocycles. The highest BCUT2D eigenvalue weighted by atomic mass is 15.1. The summed E-state index contributed by atoms with van der Waals surface area (Å²) in [6.07, 6.45) is 7.97. The molecule has 0 saturated heterocycles. The van der Waals surface area contributed by atoms with Gasteiger partial charge in [-0.05, 0) is 43.9 Å². The normalized spacial score (nSPS) is 24.4. The molecule has 0 radical (unpaired) electrons. The summed E-state index contributed by atoms with van der Waals surface area (Å²) in [5, 5.41) is 3.20. The van der Waals surface area contributed by atoms with Crippen molar-refractivity contribution in [1.29, 1.82) is 0 Å². The lowest BCUT2D eigenvalue weighted by molar-refractivity contribution is 0.203. The summed E-state index contributed by atoms with van der Waals surface area (Å²) in [6.45, 7) is 14.4. The Bertz CT molecular complexity index is 324. The van der Waals surface area contributed by atoms with Gasteiger partial charge in [0.2, 0.25) is 0 Å². The van der Waals surface area contributed by atoms with Crippen molar-refractivity contribution in [3.63, 3.8) is 0 Å². The van der Waals surface area contributed by atoms with Gasteiger partial charge in [0.05, 0.1) is 0 Å². The van der Waals surface area contributed by atoms with Crippen LogP contribution in [-0.2, 0) is 0 Å². The summed E-state index contributed by atoms with van der Waals surface area (Å²) >= 11 is 0. The highest BCUT2D eigenvalue weighted by Crippen LogP contribution is 2.32. The van der Waals surface area contributed by atoms with Crippen LogP contribution in [0, 0.1) is 11.8 Å². The van der Waals surface area contributed by atoms with Crippen LogP contribution in [0.4, 0.5) is 0 Å². The Morgan fingerprint density at radius 1 is 1.32 bits per heavy atom. The van der Waals surface area contributed by atoms with Crippen molar-refractivity contribution in [2.45, 2.75) is 45.1 Å². The molecule has 0 bridgehead atoms. The van der Waals surface area contributed by atoms with E-state index in [1.54, 1.807) is 0 Å². The van der Waals surface area contributed by atoms with E-state index in [1.807, 2.05) is 13.1 Å². The summed E-state index contributed by atoms with van der Waals surface area (Å²) in [7, 11) is 4.16. The molecule has 1 saturated carbocycles. The molecule has 1 atom stereocenters. The molecule has 1 unspecified atom stereocenters. The third-order valence-electron chi connectivity index (χ3n) is 4.52. The average molecular weight is 262 g/mol. The van der Waals surface area contributed by atoms with Crippen LogP contribution < -0.4 is 5.32 Å². The van der Waals surface area contributed by atoms with E-state index in [0.29, 0.717) is 17.9 Å². The van der Waals surface area contributed by atoms with E-state index in [2.05, 4.69) is 43.9 Å². The second-order valence-corrected chi connectivity index (χ2v) is 5.87. The molecule has 0 aromatic heterocycles. The lowest BCUT2D eigenvalue weighted by Gasteiger charge is -2.37. The zero-order valence-corrected chi connectivity index (χ0v) is 12.9. The molecule has 1 N–H and O–H groups in total. The minimum atomic E-state index is 0.510. The van der Waals surface area contributed by atoms with E-state index in [4.69, 9.17) is 0 Å². The van der Waals surface area contributed by atoms with Gasteiger partial charge in [0.15, 0.2) is 0 Å². The minimum absolute atomic E-state index is 0.510. The molecule has 1 fully saturated rings. The molecule has 108 valence electrons. The number of nitrogens with zero attached hydrogens (tertiary/aromatic N) is 1. The minimum Gasteiger partial charge on any atom is -0.392 e. The quantitative estimate of drug-likeness (QED) is 0.699. The fourth-order valence-electron chi connectivity index (χ4n) is 2.87.